The van der Waals surface area contributed by atoms with Crippen molar-refractivity contribution in [2.45, 2.75) is 34.6 Å². The van der Waals surface area contributed by atoms with E-state index in [9.17, 15) is 10.0 Å². The number of H-pyrrole nitrogens is 1. The van der Waals surface area contributed by atoms with E-state index < -0.39 is 10.9 Å². The van der Waals surface area contributed by atoms with Gasteiger partial charge in [0.15, 0.2) is 0 Å². The van der Waals surface area contributed by atoms with Crippen LogP contribution in [0.5, 0.6) is 0 Å². The number of anilines is 1. The average Bonchev–Trinajstić information content (AvgIpc) is 3.90. The molecule has 16 heteroatoms. The van der Waals surface area contributed by atoms with Gasteiger partial charge in [-0.25, -0.2) is 4.98 Å². The molecule has 3 heterocycles. The molecule has 0 atom stereocenters. The molecule has 0 aliphatic carbocycles. The summed E-state index contributed by atoms with van der Waals surface area (Å²) >= 11 is 0. The van der Waals surface area contributed by atoms with E-state index in [1.807, 2.05) is 32.9 Å². The molecule has 1 saturated heterocycles. The Kier molecular flexibility index (Phi) is 21.0. The van der Waals surface area contributed by atoms with Crippen LogP contribution >= 0.6 is 0 Å². The van der Waals surface area contributed by atoms with E-state index in [-0.39, 0.29) is 12.8 Å². The van der Waals surface area contributed by atoms with E-state index in [1.54, 1.807) is 19.9 Å². The highest BCUT2D eigenvalue weighted by atomic mass is 17.2. The van der Waals surface area contributed by atoms with E-state index in [1.165, 1.54) is 0 Å². The zero-order chi connectivity index (χ0) is 46.4. The number of aromatic amines is 1. The van der Waals surface area contributed by atoms with Crippen molar-refractivity contribution < 1.29 is 42.2 Å². The first-order valence-electron chi connectivity index (χ1n) is 18.3. The van der Waals surface area contributed by atoms with Crippen LogP contribution in [0.3, 0.4) is 0 Å². The fourth-order valence-electron chi connectivity index (χ4n) is 5.10. The van der Waals surface area contributed by atoms with Gasteiger partial charge in [-0.05, 0) is 170 Å². The van der Waals surface area contributed by atoms with Gasteiger partial charge in [0, 0.05) is 66.3 Å². The predicted octanol–water partition coefficient (Wildman–Crippen LogP) is 6.62. The summed E-state index contributed by atoms with van der Waals surface area (Å²) in [6.45, 7) is 12.2. The van der Waals surface area contributed by atoms with Crippen LogP contribution in [-0.2, 0) is 9.73 Å². The number of carbonyl (C=O) groups is 1. The van der Waals surface area contributed by atoms with Crippen LogP contribution in [0.25, 0.3) is 33.3 Å². The molecule has 6 N–H and O–H groups in total. The Morgan fingerprint density at radius 1 is 0.828 bits per heavy atom. The van der Waals surface area contributed by atoms with Crippen LogP contribution < -0.4 is 16.5 Å². The molecule has 2 aromatic carbocycles. The summed E-state index contributed by atoms with van der Waals surface area (Å²) in [5, 5.41) is 28.3. The highest BCUT2D eigenvalue weighted by Gasteiger charge is 2.21. The zero-order valence-corrected chi connectivity index (χ0v) is 35.0. The lowest BCUT2D eigenvalue weighted by Gasteiger charge is -2.26. The van der Waals surface area contributed by atoms with Crippen molar-refractivity contribution in [2.24, 2.45) is 27.2 Å². The van der Waals surface area contributed by atoms with Crippen molar-refractivity contribution in [3.05, 3.63) is 58.1 Å². The largest absolute Gasteiger partial charge is 0.378 e. The molecule has 1 aliphatic rings. The van der Waals surface area contributed by atoms with Crippen LogP contribution in [0, 0.1) is 156 Å². The van der Waals surface area contributed by atoms with Crippen LogP contribution in [0.4, 0.5) is 5.95 Å². The lowest BCUT2D eigenvalue weighted by molar-refractivity contribution is -0.873. The Labute approximate surface area is 383 Å². The lowest BCUT2D eigenvalue weighted by Crippen LogP contribution is -2.36. The smallest absolute Gasteiger partial charge is 0.248 e. The Hall–Kier alpha value is -9.93. The summed E-state index contributed by atoms with van der Waals surface area (Å²) in [7, 11) is 0. The first kappa shape index (κ1) is 48.4. The van der Waals surface area contributed by atoms with E-state index in [0.717, 1.165) is 69.3 Å². The van der Waals surface area contributed by atoms with Gasteiger partial charge in [0.25, 0.3) is 0 Å². The third-order valence-electron chi connectivity index (χ3n) is 7.69. The highest BCUT2D eigenvalue weighted by molar-refractivity contribution is 6.00. The molecule has 1 amide bonds. The summed E-state index contributed by atoms with van der Waals surface area (Å²) in [5.74, 6) is 61.1. The maximum atomic E-state index is 11.9. The minimum atomic E-state index is -0.573. The van der Waals surface area contributed by atoms with Gasteiger partial charge in [-0.15, -0.1) is 0 Å². The number of carbonyl (C=O) groups excluding carboxylic acids is 1. The van der Waals surface area contributed by atoms with Crippen molar-refractivity contribution in [3.63, 3.8) is 0 Å². The molecule has 16 nitrogen and oxygen atoms in total. The number of primary amides is 1. The van der Waals surface area contributed by atoms with Gasteiger partial charge in [0.1, 0.15) is 5.76 Å². The van der Waals surface area contributed by atoms with Gasteiger partial charge in [0.05, 0.1) is 40.2 Å². The molecule has 1 aliphatic heterocycles. The minimum absolute atomic E-state index is 0. The van der Waals surface area contributed by atoms with Crippen molar-refractivity contribution in [3.8, 4) is 153 Å². The SMILES string of the molecule is CC#CC#CC#CC#CC#CC#CC#CC#CC#CC#CC#CC.Cc1ccc(C(N)=O)cc1-c1cc(-c2c(C)noc2C)cc2[nH]c(N3CCOCC3)nc12.NN=NN=[N+]([O-])OO.[HH].[HH].[HH].[HH].[HH].[HH].[HH].[HH].[HH]. The average molecular weight is 865 g/mol. The van der Waals surface area contributed by atoms with Gasteiger partial charge in [-0.2, -0.15) is 0 Å². The summed E-state index contributed by atoms with van der Waals surface area (Å²) < 4.78 is 10.9. The number of nitrogens with two attached hydrogens (primary N) is 2. The molecule has 0 radical (unpaired) electrons. The zero-order valence-electron chi connectivity index (χ0n) is 35.0. The maximum absolute atomic E-state index is 11.9. The molecule has 5 rings (SSSR count). The number of hydrogen-bond donors (Lipinski definition) is 4. The highest BCUT2D eigenvalue weighted by Crippen LogP contribution is 2.38. The second-order valence-corrected chi connectivity index (χ2v) is 11.8. The van der Waals surface area contributed by atoms with Crippen molar-refractivity contribution in [1.29, 1.82) is 0 Å². The number of nitrogens with zero attached hydrogens (tertiary/aromatic N) is 7. The molecule has 2 aromatic heterocycles. The quantitative estimate of drug-likeness (QED) is 0.0532. The van der Waals surface area contributed by atoms with Gasteiger partial charge >= 0.3 is 0 Å². The molecule has 4 aromatic rings. The number of nitrogens with one attached hydrogen (secondary N) is 1. The molecule has 0 bridgehead atoms. The third-order valence-corrected chi connectivity index (χ3v) is 7.69. The Morgan fingerprint density at radius 3 is 1.78 bits per heavy atom. The number of aromatic nitrogens is 3. The van der Waals surface area contributed by atoms with E-state index in [0.29, 0.717) is 18.8 Å². The number of hydrogen-bond acceptors (Lipinski definition) is 10. The number of ether oxygens (including phenoxy) is 1. The van der Waals surface area contributed by atoms with E-state index in [4.69, 9.17) is 25.2 Å². The van der Waals surface area contributed by atoms with Crippen molar-refractivity contribution in [2.75, 3.05) is 31.2 Å². The van der Waals surface area contributed by atoms with Gasteiger partial charge in [-0.1, -0.05) is 23.1 Å². The van der Waals surface area contributed by atoms with E-state index >= 15 is 0 Å². The number of morpholine rings is 1. The van der Waals surface area contributed by atoms with Crippen molar-refractivity contribution >= 4 is 22.9 Å². The predicted molar refractivity (Wildman–Crippen MR) is 258 cm³/mol. The number of aryl methyl sites for hydroxylation is 3. The van der Waals surface area contributed by atoms with Crippen LogP contribution in [0.1, 0.15) is 54.1 Å². The fourth-order valence-corrected chi connectivity index (χ4v) is 5.10. The summed E-state index contributed by atoms with van der Waals surface area (Å²) in [6.07, 6.45) is 0. The molecule has 330 valence electrons. The normalized spacial score (nSPS) is 10.2. The van der Waals surface area contributed by atoms with Crippen LogP contribution in [0.2, 0.25) is 0 Å². The molecule has 0 saturated carbocycles. The molecular weight excluding hydrogens is 813 g/mol. The Morgan fingerprint density at radius 2 is 1.34 bits per heavy atom. The first-order valence-corrected chi connectivity index (χ1v) is 18.3. The van der Waals surface area contributed by atoms with Crippen molar-refractivity contribution in [1.82, 2.24) is 15.1 Å². The van der Waals surface area contributed by atoms with Crippen LogP contribution in [-0.4, -0.2) is 57.6 Å². The van der Waals surface area contributed by atoms with E-state index in [2.05, 4.69) is 184 Å². The summed E-state index contributed by atoms with van der Waals surface area (Å²) in [6, 6.07) is 9.67. The Bertz CT molecular complexity index is 3090. The first-order chi connectivity index (χ1) is 31.1. The fraction of sp³-hybridized carbons (Fsp3) is 0.188. The number of fused-ring (bicyclic) bond motifs is 1. The number of rotatable bonds is 6. The molecular formula is C48H52N10O6. The van der Waals surface area contributed by atoms with Gasteiger partial charge in [0.2, 0.25) is 22.3 Å². The molecule has 1 fully saturated rings. The van der Waals surface area contributed by atoms with Gasteiger partial charge < -0.3 is 35.1 Å². The second kappa shape index (κ2) is 27.7. The molecule has 0 spiro atoms. The van der Waals surface area contributed by atoms with Crippen LogP contribution in [0.15, 0.2) is 50.5 Å². The molecule has 64 heavy (non-hydrogen) atoms. The third kappa shape index (κ3) is 16.4. The second-order valence-electron chi connectivity index (χ2n) is 11.8. The lowest BCUT2D eigenvalue weighted by atomic mass is 9.93. The monoisotopic (exact) mass is 864 g/mol. The van der Waals surface area contributed by atoms with Gasteiger partial charge in [-0.3, -0.25) is 15.9 Å². The maximum Gasteiger partial charge on any atom is 0.248 e. The Balaban J connectivity index is -0.000000192. The summed E-state index contributed by atoms with van der Waals surface area (Å²) in [4.78, 5) is 25.5. The number of imidazole rings is 1. The molecule has 0 unspecified atom stereocenters. The standard InChI is InChI=1S/C24H25N5O3.C24H6.H3N5O3.9H2/c1-13-4-5-16(23(25)30)10-18(13)19-11-17(21-14(2)28-32-15(21)3)12-20-22(19)27-24(26-20)29-6-8-31-9-7-29;1-3-5-7-9-11-13-15-17-19-21-23-24-22-20-18-16-14-12-10-8-6-4-2;1-2-3-4-5(6)8-7;;;;;;;;;/h4-5,10-12H,6-9H2,1-3H3,(H2,25,30)(H,26,27);1-2H3;7H,(H2,1,3);9*1H. The summed E-state index contributed by atoms with van der Waals surface area (Å²) in [5.41, 5.74) is 13.4. The number of benzene rings is 2. The topological polar surface area (TPSA) is 229 Å². The number of amides is 1. The minimum Gasteiger partial charge on any atom is -0.378 e.